The van der Waals surface area contributed by atoms with E-state index in [4.69, 9.17) is 16.3 Å². The van der Waals surface area contributed by atoms with E-state index in [0.717, 1.165) is 49.9 Å². The van der Waals surface area contributed by atoms with Gasteiger partial charge >= 0.3 is 6.18 Å². The summed E-state index contributed by atoms with van der Waals surface area (Å²) >= 11 is 6.65. The number of methoxy groups -OCH3 is 1. The molecule has 2 aromatic rings. The number of benzene rings is 2. The first kappa shape index (κ1) is 24.6. The Kier molecular flexibility index (Phi) is 7.84. The van der Waals surface area contributed by atoms with Gasteiger partial charge in [0.2, 0.25) is 0 Å². The number of ether oxygens (including phenoxy) is 1. The van der Waals surface area contributed by atoms with Crippen molar-refractivity contribution in [1.82, 2.24) is 4.90 Å². The Hall–Kier alpha value is -2.50. The standard InChI is InChI=1S/C28H29ClF3NO/c1-34-26-18-22(25(28(30,31)32)17-23(26)19-33-15-6-3-7-16-33)14-13-21-11-8-12-24(27(21)29)20-9-4-2-5-10-20/h4,8-14,17-18H,2-3,5-7,15-16,19H2,1H3/b14-13+. The summed E-state index contributed by atoms with van der Waals surface area (Å²) in [5.74, 6) is 0.468. The number of hydrogen-bond acceptors (Lipinski definition) is 2. The van der Waals surface area contributed by atoms with E-state index in [2.05, 4.69) is 17.1 Å². The fourth-order valence-electron chi connectivity index (χ4n) is 4.59. The number of piperidine rings is 1. The number of halogens is 4. The average Bonchev–Trinajstić information content (AvgIpc) is 2.84. The van der Waals surface area contributed by atoms with Crippen molar-refractivity contribution in [2.75, 3.05) is 20.2 Å². The van der Waals surface area contributed by atoms with Gasteiger partial charge in [0.05, 0.1) is 17.7 Å². The highest BCUT2D eigenvalue weighted by Gasteiger charge is 2.34. The first-order valence-corrected chi connectivity index (χ1v) is 12.1. The Bertz CT molecular complexity index is 1110. The van der Waals surface area contributed by atoms with Crippen LogP contribution in [-0.2, 0) is 12.7 Å². The van der Waals surface area contributed by atoms with Crippen LogP contribution >= 0.6 is 11.6 Å². The summed E-state index contributed by atoms with van der Waals surface area (Å²) in [7, 11) is 1.50. The van der Waals surface area contributed by atoms with Crippen LogP contribution < -0.4 is 4.74 Å². The summed E-state index contributed by atoms with van der Waals surface area (Å²) in [6, 6.07) is 8.34. The van der Waals surface area contributed by atoms with Crippen LogP contribution in [0.2, 0.25) is 5.02 Å². The third kappa shape index (κ3) is 5.76. The van der Waals surface area contributed by atoms with Crippen LogP contribution in [0.15, 0.2) is 48.6 Å². The van der Waals surface area contributed by atoms with Crippen LogP contribution in [0, 0.1) is 0 Å². The van der Waals surface area contributed by atoms with Crippen molar-refractivity contribution in [2.24, 2.45) is 0 Å². The van der Waals surface area contributed by atoms with Gasteiger partial charge < -0.3 is 4.74 Å². The maximum absolute atomic E-state index is 14.0. The first-order chi connectivity index (χ1) is 16.4. The summed E-state index contributed by atoms with van der Waals surface area (Å²) in [6.45, 7) is 2.24. The number of alkyl halides is 3. The van der Waals surface area contributed by atoms with E-state index in [1.54, 1.807) is 6.08 Å². The quantitative estimate of drug-likeness (QED) is 0.380. The Morgan fingerprint density at radius 2 is 1.79 bits per heavy atom. The molecule has 0 atom stereocenters. The Morgan fingerprint density at radius 3 is 2.47 bits per heavy atom. The minimum absolute atomic E-state index is 0.0602. The molecule has 180 valence electrons. The molecule has 6 heteroatoms. The van der Waals surface area contributed by atoms with Gasteiger partial charge in [-0.15, -0.1) is 0 Å². The topological polar surface area (TPSA) is 12.5 Å². The molecule has 0 unspecified atom stereocenters. The number of rotatable bonds is 6. The lowest BCUT2D eigenvalue weighted by Gasteiger charge is -2.27. The van der Waals surface area contributed by atoms with E-state index in [0.29, 0.717) is 28.4 Å². The smallest absolute Gasteiger partial charge is 0.417 e. The summed E-state index contributed by atoms with van der Waals surface area (Å²) in [5, 5.41) is 0.527. The molecule has 0 bridgehead atoms. The van der Waals surface area contributed by atoms with Gasteiger partial charge in [-0.25, -0.2) is 0 Å². The second kappa shape index (κ2) is 10.8. The molecule has 0 spiro atoms. The van der Waals surface area contributed by atoms with Crippen LogP contribution in [-0.4, -0.2) is 25.1 Å². The predicted molar refractivity (Wildman–Crippen MR) is 134 cm³/mol. The van der Waals surface area contributed by atoms with Crippen LogP contribution in [0.25, 0.3) is 17.7 Å². The fourth-order valence-corrected chi connectivity index (χ4v) is 4.89. The van der Waals surface area contributed by atoms with Gasteiger partial charge in [-0.3, -0.25) is 4.90 Å². The Morgan fingerprint density at radius 1 is 1.03 bits per heavy atom. The third-order valence-electron chi connectivity index (χ3n) is 6.38. The molecule has 0 saturated carbocycles. The molecule has 34 heavy (non-hydrogen) atoms. The SMILES string of the molecule is COc1cc(/C=C/c2cccc(C3=CCCC=C3)c2Cl)c(C(F)(F)F)cc1CN1CCCCC1. The zero-order valence-corrected chi connectivity index (χ0v) is 20.1. The molecular weight excluding hydrogens is 459 g/mol. The lowest BCUT2D eigenvalue weighted by atomic mass is 9.97. The van der Waals surface area contributed by atoms with Crippen molar-refractivity contribution < 1.29 is 17.9 Å². The second-order valence-corrected chi connectivity index (χ2v) is 9.15. The second-order valence-electron chi connectivity index (χ2n) is 8.77. The van der Waals surface area contributed by atoms with Crippen molar-refractivity contribution in [3.8, 4) is 5.75 Å². The van der Waals surface area contributed by atoms with Crippen molar-refractivity contribution in [1.29, 1.82) is 0 Å². The molecule has 1 heterocycles. The van der Waals surface area contributed by atoms with Gasteiger partial charge in [0.25, 0.3) is 0 Å². The Labute approximate surface area is 204 Å². The van der Waals surface area contributed by atoms with E-state index in [1.165, 1.54) is 31.7 Å². The average molecular weight is 488 g/mol. The van der Waals surface area contributed by atoms with Crippen LogP contribution in [0.3, 0.4) is 0 Å². The van der Waals surface area contributed by atoms with E-state index in [9.17, 15) is 13.2 Å². The lowest BCUT2D eigenvalue weighted by Crippen LogP contribution is -2.29. The normalized spacial score (nSPS) is 17.3. The lowest BCUT2D eigenvalue weighted by molar-refractivity contribution is -0.137. The molecule has 1 aliphatic heterocycles. The maximum Gasteiger partial charge on any atom is 0.417 e. The van der Waals surface area contributed by atoms with E-state index in [-0.39, 0.29) is 5.56 Å². The monoisotopic (exact) mass is 487 g/mol. The summed E-state index contributed by atoms with van der Waals surface area (Å²) in [5.41, 5.74) is 2.54. The van der Waals surface area contributed by atoms with Crippen molar-refractivity contribution in [2.45, 2.75) is 44.8 Å². The van der Waals surface area contributed by atoms with Gasteiger partial charge in [-0.2, -0.15) is 13.2 Å². The van der Waals surface area contributed by atoms with E-state index in [1.807, 2.05) is 24.3 Å². The van der Waals surface area contributed by atoms with Gasteiger partial charge in [0, 0.05) is 17.7 Å². The molecule has 1 saturated heterocycles. The molecule has 0 radical (unpaired) electrons. The molecule has 2 nitrogen and oxygen atoms in total. The Balaban J connectivity index is 1.68. The fraction of sp³-hybridized carbons (Fsp3) is 0.357. The highest BCUT2D eigenvalue weighted by Crippen LogP contribution is 2.38. The minimum Gasteiger partial charge on any atom is -0.496 e. The predicted octanol–water partition coefficient (Wildman–Crippen LogP) is 8.26. The molecule has 0 aromatic heterocycles. The van der Waals surface area contributed by atoms with Crippen molar-refractivity contribution in [3.63, 3.8) is 0 Å². The summed E-state index contributed by atoms with van der Waals surface area (Å²) in [6.07, 6.45) is 10.2. The number of hydrogen-bond donors (Lipinski definition) is 0. The minimum atomic E-state index is -4.48. The van der Waals surface area contributed by atoms with Gasteiger partial charge in [-0.05, 0) is 67.6 Å². The number of nitrogens with zero attached hydrogens (tertiary/aromatic N) is 1. The zero-order valence-electron chi connectivity index (χ0n) is 19.3. The summed E-state index contributed by atoms with van der Waals surface area (Å²) < 4.78 is 47.6. The highest BCUT2D eigenvalue weighted by molar-refractivity contribution is 6.34. The molecule has 2 aromatic carbocycles. The number of likely N-dealkylation sites (tertiary alicyclic amines) is 1. The third-order valence-corrected chi connectivity index (χ3v) is 6.80. The zero-order chi connectivity index (χ0) is 24.1. The number of allylic oxidation sites excluding steroid dienone is 4. The first-order valence-electron chi connectivity index (χ1n) is 11.7. The molecule has 0 amide bonds. The van der Waals surface area contributed by atoms with Crippen molar-refractivity contribution in [3.05, 3.63) is 81.4 Å². The van der Waals surface area contributed by atoms with Gasteiger partial charge in [-0.1, -0.05) is 66.6 Å². The van der Waals surface area contributed by atoms with E-state index < -0.39 is 11.7 Å². The summed E-state index contributed by atoms with van der Waals surface area (Å²) in [4.78, 5) is 2.19. The molecule has 0 N–H and O–H groups in total. The molecular formula is C28H29ClF3NO. The van der Waals surface area contributed by atoms with Gasteiger partial charge in [0.15, 0.2) is 0 Å². The maximum atomic E-state index is 14.0. The molecule has 1 fully saturated rings. The largest absolute Gasteiger partial charge is 0.496 e. The van der Waals surface area contributed by atoms with Gasteiger partial charge in [0.1, 0.15) is 5.75 Å². The molecule has 2 aliphatic rings. The van der Waals surface area contributed by atoms with E-state index >= 15 is 0 Å². The van der Waals surface area contributed by atoms with Crippen LogP contribution in [0.4, 0.5) is 13.2 Å². The highest BCUT2D eigenvalue weighted by atomic mass is 35.5. The van der Waals surface area contributed by atoms with Crippen LogP contribution in [0.5, 0.6) is 5.75 Å². The molecule has 1 aliphatic carbocycles. The molecule has 4 rings (SSSR count). The van der Waals surface area contributed by atoms with Crippen molar-refractivity contribution >= 4 is 29.3 Å². The van der Waals surface area contributed by atoms with Crippen LogP contribution in [0.1, 0.15) is 59.9 Å².